The van der Waals surface area contributed by atoms with Crippen LogP contribution in [0.4, 0.5) is 5.69 Å². The summed E-state index contributed by atoms with van der Waals surface area (Å²) in [5.41, 5.74) is 13.6. The Balaban J connectivity index is 1.34. The molecule has 0 radical (unpaired) electrons. The molecule has 2 aromatic rings. The fourth-order valence-electron chi connectivity index (χ4n) is 4.76. The number of nitrogens with zero attached hydrogens (tertiary/aromatic N) is 2. The number of benzene rings is 2. The molecule has 0 aromatic heterocycles. The maximum absolute atomic E-state index is 13.1. The third kappa shape index (κ3) is 7.47. The van der Waals surface area contributed by atoms with E-state index in [-0.39, 0.29) is 17.8 Å². The van der Waals surface area contributed by atoms with Crippen molar-refractivity contribution in [1.82, 2.24) is 10.2 Å². The number of aliphatic imine (C=N–C) groups is 1. The Morgan fingerprint density at radius 2 is 1.87 bits per heavy atom. The Bertz CT molecular complexity index is 1150. The number of hydrogen-bond acceptors (Lipinski definition) is 6. The zero-order chi connectivity index (χ0) is 27.1. The van der Waals surface area contributed by atoms with Gasteiger partial charge in [-0.1, -0.05) is 12.1 Å². The van der Waals surface area contributed by atoms with Gasteiger partial charge in [-0.25, -0.2) is 4.99 Å². The minimum absolute atomic E-state index is 0.00664. The van der Waals surface area contributed by atoms with Crippen molar-refractivity contribution in [2.45, 2.75) is 45.1 Å². The molecular weight excluding hydrogens is 480 g/mol. The normalized spacial score (nSPS) is 17.1. The minimum atomic E-state index is -0.129. The Kier molecular flexibility index (Phi) is 9.23. The number of piperidine rings is 1. The maximum atomic E-state index is 13.1. The van der Waals surface area contributed by atoms with Gasteiger partial charge in [0.15, 0.2) is 5.84 Å². The van der Waals surface area contributed by atoms with Crippen LogP contribution in [0.15, 0.2) is 47.5 Å². The summed E-state index contributed by atoms with van der Waals surface area (Å²) < 4.78 is 11.3. The van der Waals surface area contributed by atoms with E-state index in [2.05, 4.69) is 22.1 Å². The summed E-state index contributed by atoms with van der Waals surface area (Å²) in [5.74, 6) is 3.11. The average molecular weight is 521 g/mol. The summed E-state index contributed by atoms with van der Waals surface area (Å²) >= 11 is 0. The fourth-order valence-corrected chi connectivity index (χ4v) is 4.76. The molecule has 38 heavy (non-hydrogen) atoms. The van der Waals surface area contributed by atoms with Gasteiger partial charge in [0, 0.05) is 48.4 Å². The topological polar surface area (TPSA) is 139 Å². The predicted molar refractivity (Wildman–Crippen MR) is 151 cm³/mol. The van der Waals surface area contributed by atoms with Crippen LogP contribution in [0.2, 0.25) is 0 Å². The van der Waals surface area contributed by atoms with Gasteiger partial charge < -0.3 is 31.2 Å². The molecular formula is C29H40N6O3. The third-order valence-electron chi connectivity index (χ3n) is 7.30. The predicted octanol–water partition coefficient (Wildman–Crippen LogP) is 3.67. The molecule has 1 unspecified atom stereocenters. The number of hydrogen-bond donors (Lipinski definition) is 4. The number of nitrogen functional groups attached to an aromatic ring is 1. The SMILES string of the molecule is COc1cc(OCC2CC2)cc(C(=O)NC(C)C2CCN(C(CCN)=NC(=N)c3cccc(N)c3)CC2)c1. The summed E-state index contributed by atoms with van der Waals surface area (Å²) in [4.78, 5) is 19.9. The number of amidine groups is 2. The number of ether oxygens (including phenoxy) is 2. The van der Waals surface area contributed by atoms with Gasteiger partial charge in [0.05, 0.1) is 13.7 Å². The molecule has 1 aliphatic heterocycles. The van der Waals surface area contributed by atoms with Crippen molar-refractivity contribution in [3.05, 3.63) is 53.6 Å². The van der Waals surface area contributed by atoms with Gasteiger partial charge in [-0.2, -0.15) is 0 Å². The van der Waals surface area contributed by atoms with Crippen LogP contribution >= 0.6 is 0 Å². The van der Waals surface area contributed by atoms with Gasteiger partial charge in [0.2, 0.25) is 0 Å². The van der Waals surface area contributed by atoms with Crippen LogP contribution in [0.3, 0.4) is 0 Å². The van der Waals surface area contributed by atoms with Crippen molar-refractivity contribution in [3.63, 3.8) is 0 Å². The van der Waals surface area contributed by atoms with E-state index in [9.17, 15) is 4.79 Å². The lowest BCUT2D eigenvalue weighted by molar-refractivity contribution is 0.0913. The largest absolute Gasteiger partial charge is 0.497 e. The summed E-state index contributed by atoms with van der Waals surface area (Å²) in [6.45, 7) is 4.80. The molecule has 1 heterocycles. The van der Waals surface area contributed by atoms with Gasteiger partial charge >= 0.3 is 0 Å². The molecule has 4 rings (SSSR count). The second-order valence-electron chi connectivity index (χ2n) is 10.3. The fraction of sp³-hybridized carbons (Fsp3) is 0.483. The van der Waals surface area contributed by atoms with Crippen LogP contribution in [0.25, 0.3) is 0 Å². The molecule has 1 atom stereocenters. The van der Waals surface area contributed by atoms with E-state index in [4.69, 9.17) is 26.4 Å². The standard InChI is InChI=1S/C29H40N6O3/c1-19(33-29(36)23-15-25(37-2)17-26(16-23)38-18-20-6-7-20)21-9-12-35(13-10-21)27(8-11-30)34-28(32)22-4-3-5-24(31)14-22/h3-5,14-17,19-21,32H,6-13,18,30-31H2,1-2H3,(H,33,36). The quantitative estimate of drug-likeness (QED) is 0.214. The Morgan fingerprint density at radius 1 is 1.13 bits per heavy atom. The summed E-state index contributed by atoms with van der Waals surface area (Å²) in [6, 6.07) is 12.6. The molecule has 2 fully saturated rings. The van der Waals surface area contributed by atoms with Crippen molar-refractivity contribution in [2.75, 3.05) is 39.1 Å². The van der Waals surface area contributed by atoms with Crippen molar-refractivity contribution >= 4 is 23.3 Å². The molecule has 9 heteroatoms. The Labute approximate surface area is 225 Å². The molecule has 1 aliphatic carbocycles. The molecule has 2 aromatic carbocycles. The van der Waals surface area contributed by atoms with Crippen molar-refractivity contribution in [2.24, 2.45) is 22.6 Å². The lowest BCUT2D eigenvalue weighted by Gasteiger charge is -2.37. The van der Waals surface area contributed by atoms with Crippen molar-refractivity contribution in [3.8, 4) is 11.5 Å². The smallest absolute Gasteiger partial charge is 0.251 e. The number of carbonyl (C=O) groups is 1. The molecule has 1 amide bonds. The second kappa shape index (κ2) is 12.8. The number of anilines is 1. The van der Waals surface area contributed by atoms with Crippen LogP contribution in [0.1, 0.15) is 54.9 Å². The highest BCUT2D eigenvalue weighted by Gasteiger charge is 2.27. The zero-order valence-corrected chi connectivity index (χ0v) is 22.4. The van der Waals surface area contributed by atoms with Gasteiger partial charge in [-0.3, -0.25) is 10.2 Å². The first-order chi connectivity index (χ1) is 18.4. The summed E-state index contributed by atoms with van der Waals surface area (Å²) in [7, 11) is 1.59. The number of likely N-dealkylation sites (tertiary alicyclic amines) is 1. The highest BCUT2D eigenvalue weighted by atomic mass is 16.5. The summed E-state index contributed by atoms with van der Waals surface area (Å²) in [6.07, 6.45) is 4.83. The van der Waals surface area contributed by atoms with E-state index in [1.54, 1.807) is 31.4 Å². The summed E-state index contributed by atoms with van der Waals surface area (Å²) in [5, 5.41) is 11.6. The highest BCUT2D eigenvalue weighted by molar-refractivity contribution is 6.05. The molecule has 1 saturated heterocycles. The van der Waals surface area contributed by atoms with Crippen LogP contribution in [0, 0.1) is 17.2 Å². The molecule has 0 bridgehead atoms. The first-order valence-electron chi connectivity index (χ1n) is 13.5. The van der Waals surface area contributed by atoms with Crippen LogP contribution in [-0.2, 0) is 0 Å². The number of nitrogens with one attached hydrogen (secondary N) is 2. The maximum Gasteiger partial charge on any atom is 0.251 e. The molecule has 6 N–H and O–H groups in total. The monoisotopic (exact) mass is 520 g/mol. The van der Waals surface area contributed by atoms with E-state index in [1.807, 2.05) is 18.2 Å². The van der Waals surface area contributed by atoms with Crippen LogP contribution in [-0.4, -0.2) is 61.9 Å². The van der Waals surface area contributed by atoms with E-state index < -0.39 is 0 Å². The number of nitrogens with two attached hydrogens (primary N) is 2. The third-order valence-corrected chi connectivity index (χ3v) is 7.30. The first kappa shape index (κ1) is 27.4. The van der Waals surface area contributed by atoms with Crippen LogP contribution < -0.4 is 26.3 Å². The van der Waals surface area contributed by atoms with E-state index >= 15 is 0 Å². The average Bonchev–Trinajstić information content (AvgIpc) is 3.76. The van der Waals surface area contributed by atoms with Gasteiger partial charge in [0.1, 0.15) is 17.3 Å². The zero-order valence-electron chi connectivity index (χ0n) is 22.4. The molecule has 2 aliphatic rings. The van der Waals surface area contributed by atoms with Gasteiger partial charge in [0.25, 0.3) is 5.91 Å². The second-order valence-corrected chi connectivity index (χ2v) is 10.3. The molecule has 0 spiro atoms. The number of rotatable bonds is 10. The van der Waals surface area contributed by atoms with E-state index in [0.29, 0.717) is 59.7 Å². The lowest BCUT2D eigenvalue weighted by atomic mass is 9.90. The van der Waals surface area contributed by atoms with E-state index in [1.165, 1.54) is 12.8 Å². The lowest BCUT2D eigenvalue weighted by Crippen LogP contribution is -2.46. The van der Waals surface area contributed by atoms with Gasteiger partial charge in [-0.05, 0) is 75.3 Å². The van der Waals surface area contributed by atoms with Crippen molar-refractivity contribution in [1.29, 1.82) is 5.41 Å². The minimum Gasteiger partial charge on any atom is -0.497 e. The molecule has 9 nitrogen and oxygen atoms in total. The Hall–Kier alpha value is -3.59. The van der Waals surface area contributed by atoms with Crippen molar-refractivity contribution < 1.29 is 14.3 Å². The molecule has 1 saturated carbocycles. The van der Waals surface area contributed by atoms with Crippen LogP contribution in [0.5, 0.6) is 11.5 Å². The highest BCUT2D eigenvalue weighted by Crippen LogP contribution is 2.31. The molecule has 204 valence electrons. The van der Waals surface area contributed by atoms with E-state index in [0.717, 1.165) is 31.8 Å². The number of methoxy groups -OCH3 is 1. The first-order valence-corrected chi connectivity index (χ1v) is 13.5. The van der Waals surface area contributed by atoms with Gasteiger partial charge in [-0.15, -0.1) is 0 Å². The Morgan fingerprint density at radius 3 is 2.53 bits per heavy atom. The number of amides is 1. The number of carbonyl (C=O) groups excluding carboxylic acids is 1.